The fourth-order valence-corrected chi connectivity index (χ4v) is 3.05. The van der Waals surface area contributed by atoms with Crippen LogP contribution in [-0.4, -0.2) is 56.3 Å². The molecule has 1 amide bonds. The minimum Gasteiger partial charge on any atom is -0.480 e. The van der Waals surface area contributed by atoms with E-state index in [2.05, 4.69) is 10.2 Å². The standard InChI is InChI=1S/C20H26N2O3/c1-2-18(20(23)21-10-11-22-12-14-24-15-13-22)25-19-9-5-7-16-6-3-4-8-17(16)19/h3-9,18H,2,10-15H2,1H3,(H,21,23). The Balaban J connectivity index is 1.56. The summed E-state index contributed by atoms with van der Waals surface area (Å²) in [6.45, 7) is 6.86. The van der Waals surface area contributed by atoms with Crippen LogP contribution in [0, 0.1) is 0 Å². The lowest BCUT2D eigenvalue weighted by Crippen LogP contribution is -2.44. The molecule has 2 aromatic rings. The monoisotopic (exact) mass is 342 g/mol. The molecule has 134 valence electrons. The second-order valence-corrected chi connectivity index (χ2v) is 6.24. The zero-order valence-electron chi connectivity index (χ0n) is 14.7. The van der Waals surface area contributed by atoms with E-state index in [0.29, 0.717) is 13.0 Å². The van der Waals surface area contributed by atoms with Crippen molar-refractivity contribution in [2.24, 2.45) is 0 Å². The van der Waals surface area contributed by atoms with Crippen LogP contribution < -0.4 is 10.1 Å². The maximum Gasteiger partial charge on any atom is 0.261 e. The Morgan fingerprint density at radius 1 is 1.20 bits per heavy atom. The first-order valence-electron chi connectivity index (χ1n) is 9.00. The van der Waals surface area contributed by atoms with Gasteiger partial charge in [-0.25, -0.2) is 0 Å². The second-order valence-electron chi connectivity index (χ2n) is 6.24. The number of ether oxygens (including phenoxy) is 2. The third-order valence-corrected chi connectivity index (χ3v) is 4.51. The number of fused-ring (bicyclic) bond motifs is 1. The second kappa shape index (κ2) is 8.83. The van der Waals surface area contributed by atoms with Gasteiger partial charge in [-0.05, 0) is 17.9 Å². The van der Waals surface area contributed by atoms with Crippen molar-refractivity contribution in [3.05, 3.63) is 42.5 Å². The molecule has 0 aromatic heterocycles. The van der Waals surface area contributed by atoms with Gasteiger partial charge in [0.25, 0.3) is 5.91 Å². The quantitative estimate of drug-likeness (QED) is 0.840. The molecular formula is C20H26N2O3. The third-order valence-electron chi connectivity index (χ3n) is 4.51. The molecule has 0 bridgehead atoms. The van der Waals surface area contributed by atoms with Crippen molar-refractivity contribution in [2.45, 2.75) is 19.4 Å². The number of amides is 1. The lowest BCUT2D eigenvalue weighted by atomic mass is 10.1. The van der Waals surface area contributed by atoms with Gasteiger partial charge in [0, 0.05) is 31.6 Å². The summed E-state index contributed by atoms with van der Waals surface area (Å²) in [5, 5.41) is 5.15. The number of morpholine rings is 1. The molecule has 1 saturated heterocycles. The van der Waals surface area contributed by atoms with Crippen LogP contribution in [0.15, 0.2) is 42.5 Å². The van der Waals surface area contributed by atoms with Gasteiger partial charge in [0.15, 0.2) is 6.10 Å². The van der Waals surface area contributed by atoms with Crippen LogP contribution in [0.25, 0.3) is 10.8 Å². The molecule has 1 unspecified atom stereocenters. The highest BCUT2D eigenvalue weighted by atomic mass is 16.5. The minimum absolute atomic E-state index is 0.0521. The lowest BCUT2D eigenvalue weighted by molar-refractivity contribution is -0.128. The minimum atomic E-state index is -0.476. The van der Waals surface area contributed by atoms with E-state index >= 15 is 0 Å². The first-order valence-corrected chi connectivity index (χ1v) is 9.00. The van der Waals surface area contributed by atoms with Gasteiger partial charge in [-0.3, -0.25) is 9.69 Å². The number of benzene rings is 2. The zero-order valence-corrected chi connectivity index (χ0v) is 14.7. The molecule has 0 saturated carbocycles. The summed E-state index contributed by atoms with van der Waals surface area (Å²) in [4.78, 5) is 14.8. The third kappa shape index (κ3) is 4.71. The number of rotatable bonds is 7. The van der Waals surface area contributed by atoms with Crippen molar-refractivity contribution >= 4 is 16.7 Å². The SMILES string of the molecule is CCC(Oc1cccc2ccccc12)C(=O)NCCN1CCOCC1. The summed E-state index contributed by atoms with van der Waals surface area (Å²) >= 11 is 0. The summed E-state index contributed by atoms with van der Waals surface area (Å²) < 4.78 is 11.4. The summed E-state index contributed by atoms with van der Waals surface area (Å²) in [6.07, 6.45) is 0.155. The number of hydrogen-bond donors (Lipinski definition) is 1. The maximum atomic E-state index is 12.5. The number of carbonyl (C=O) groups is 1. The van der Waals surface area contributed by atoms with Gasteiger partial charge in [0.2, 0.25) is 0 Å². The van der Waals surface area contributed by atoms with Crippen LogP contribution in [0.3, 0.4) is 0 Å². The van der Waals surface area contributed by atoms with Gasteiger partial charge in [-0.15, -0.1) is 0 Å². The Bertz CT molecular complexity index is 693. The number of hydrogen-bond acceptors (Lipinski definition) is 4. The molecule has 1 atom stereocenters. The summed E-state index contributed by atoms with van der Waals surface area (Å²) in [5.41, 5.74) is 0. The summed E-state index contributed by atoms with van der Waals surface area (Å²) in [7, 11) is 0. The van der Waals surface area contributed by atoms with E-state index in [1.54, 1.807) is 0 Å². The zero-order chi connectivity index (χ0) is 17.5. The molecule has 1 aliphatic rings. The Morgan fingerprint density at radius 3 is 2.76 bits per heavy atom. The van der Waals surface area contributed by atoms with Gasteiger partial charge >= 0.3 is 0 Å². The van der Waals surface area contributed by atoms with Crippen molar-refractivity contribution in [3.8, 4) is 5.75 Å². The van der Waals surface area contributed by atoms with Gasteiger partial charge < -0.3 is 14.8 Å². The highest BCUT2D eigenvalue weighted by Crippen LogP contribution is 2.26. The van der Waals surface area contributed by atoms with Crippen molar-refractivity contribution in [3.63, 3.8) is 0 Å². The molecule has 3 rings (SSSR count). The van der Waals surface area contributed by atoms with Gasteiger partial charge in [0.05, 0.1) is 13.2 Å². The van der Waals surface area contributed by atoms with Crippen LogP contribution in [0.4, 0.5) is 0 Å². The number of nitrogens with zero attached hydrogens (tertiary/aromatic N) is 1. The molecule has 25 heavy (non-hydrogen) atoms. The Hall–Kier alpha value is -2.11. The van der Waals surface area contributed by atoms with Crippen LogP contribution in [-0.2, 0) is 9.53 Å². The molecule has 0 spiro atoms. The molecule has 0 radical (unpaired) electrons. The van der Waals surface area contributed by atoms with Gasteiger partial charge in [-0.1, -0.05) is 43.3 Å². The first-order chi connectivity index (χ1) is 12.3. The van der Waals surface area contributed by atoms with Crippen LogP contribution in [0.2, 0.25) is 0 Å². The van der Waals surface area contributed by atoms with E-state index in [1.807, 2.05) is 49.4 Å². The van der Waals surface area contributed by atoms with Crippen LogP contribution in [0.5, 0.6) is 5.75 Å². The van der Waals surface area contributed by atoms with Crippen molar-refractivity contribution in [1.82, 2.24) is 10.2 Å². The Labute approximate surface area is 148 Å². The molecule has 5 nitrogen and oxygen atoms in total. The van der Waals surface area contributed by atoms with Gasteiger partial charge in [-0.2, -0.15) is 0 Å². The number of carbonyl (C=O) groups excluding carboxylic acids is 1. The lowest BCUT2D eigenvalue weighted by Gasteiger charge is -2.27. The van der Waals surface area contributed by atoms with Crippen molar-refractivity contribution in [1.29, 1.82) is 0 Å². The van der Waals surface area contributed by atoms with E-state index in [0.717, 1.165) is 49.4 Å². The summed E-state index contributed by atoms with van der Waals surface area (Å²) in [6, 6.07) is 14.0. The first kappa shape index (κ1) is 17.7. The number of nitrogens with one attached hydrogen (secondary N) is 1. The van der Waals surface area contributed by atoms with Crippen LogP contribution >= 0.6 is 0 Å². The molecule has 1 heterocycles. The molecule has 5 heteroatoms. The Kier molecular flexibility index (Phi) is 6.25. The fraction of sp³-hybridized carbons (Fsp3) is 0.450. The van der Waals surface area contributed by atoms with Crippen LogP contribution in [0.1, 0.15) is 13.3 Å². The predicted octanol–water partition coefficient (Wildman–Crippen LogP) is 2.45. The topological polar surface area (TPSA) is 50.8 Å². The molecular weight excluding hydrogens is 316 g/mol. The highest BCUT2D eigenvalue weighted by molar-refractivity contribution is 5.89. The Morgan fingerprint density at radius 2 is 1.96 bits per heavy atom. The largest absolute Gasteiger partial charge is 0.480 e. The van der Waals surface area contributed by atoms with Crippen molar-refractivity contribution in [2.75, 3.05) is 39.4 Å². The normalized spacial score (nSPS) is 16.5. The van der Waals surface area contributed by atoms with E-state index < -0.39 is 6.10 Å². The van der Waals surface area contributed by atoms with Gasteiger partial charge in [0.1, 0.15) is 5.75 Å². The summed E-state index contributed by atoms with van der Waals surface area (Å²) in [5.74, 6) is 0.706. The average molecular weight is 342 g/mol. The van der Waals surface area contributed by atoms with E-state index in [9.17, 15) is 4.79 Å². The van der Waals surface area contributed by atoms with E-state index in [1.165, 1.54) is 0 Å². The molecule has 0 aliphatic carbocycles. The van der Waals surface area contributed by atoms with E-state index in [-0.39, 0.29) is 5.91 Å². The fourth-order valence-electron chi connectivity index (χ4n) is 3.05. The molecule has 1 N–H and O–H groups in total. The average Bonchev–Trinajstić information content (AvgIpc) is 2.67. The smallest absolute Gasteiger partial charge is 0.261 e. The highest BCUT2D eigenvalue weighted by Gasteiger charge is 2.19. The molecule has 1 aliphatic heterocycles. The predicted molar refractivity (Wildman–Crippen MR) is 98.9 cm³/mol. The van der Waals surface area contributed by atoms with E-state index in [4.69, 9.17) is 9.47 Å². The van der Waals surface area contributed by atoms with Crippen molar-refractivity contribution < 1.29 is 14.3 Å². The molecule has 2 aromatic carbocycles. The maximum absolute atomic E-state index is 12.5. The molecule has 1 fully saturated rings.